The number of amides is 1. The van der Waals surface area contributed by atoms with E-state index < -0.39 is 6.10 Å². The van der Waals surface area contributed by atoms with Crippen LogP contribution in [0.25, 0.3) is 0 Å². The number of carbonyl (C=O) groups excluding carboxylic acids is 1. The number of hydrogen-bond donors (Lipinski definition) is 1. The molecule has 7 nitrogen and oxygen atoms in total. The minimum absolute atomic E-state index is 0.000695. The SMILES string of the molecule is Cc1c(C(=O)N2CCCC(C(O)c3nccn3C)C2)cnn1C(C)C. The molecular weight excluding hydrogens is 318 g/mol. The Kier molecular flexibility index (Phi) is 4.94. The van der Waals surface area contributed by atoms with Crippen LogP contribution < -0.4 is 0 Å². The summed E-state index contributed by atoms with van der Waals surface area (Å²) in [7, 11) is 1.88. The van der Waals surface area contributed by atoms with E-state index in [2.05, 4.69) is 10.1 Å². The molecule has 3 heterocycles. The predicted molar refractivity (Wildman–Crippen MR) is 94.1 cm³/mol. The lowest BCUT2D eigenvalue weighted by atomic mass is 9.91. The van der Waals surface area contributed by atoms with Crippen molar-refractivity contribution in [3.63, 3.8) is 0 Å². The van der Waals surface area contributed by atoms with Crippen molar-refractivity contribution >= 4 is 5.91 Å². The Morgan fingerprint density at radius 1 is 1.40 bits per heavy atom. The molecule has 25 heavy (non-hydrogen) atoms. The first kappa shape index (κ1) is 17.7. The second kappa shape index (κ2) is 7.00. The van der Waals surface area contributed by atoms with Gasteiger partial charge in [0, 0.05) is 50.2 Å². The molecule has 2 aromatic heterocycles. The summed E-state index contributed by atoms with van der Waals surface area (Å²) in [6.07, 6.45) is 6.30. The molecule has 0 aromatic carbocycles. The summed E-state index contributed by atoms with van der Waals surface area (Å²) >= 11 is 0. The van der Waals surface area contributed by atoms with Crippen molar-refractivity contribution in [3.05, 3.63) is 35.7 Å². The number of aromatic nitrogens is 4. The van der Waals surface area contributed by atoms with Gasteiger partial charge in [0.05, 0.1) is 11.8 Å². The van der Waals surface area contributed by atoms with Crippen LogP contribution in [0.1, 0.15) is 60.7 Å². The van der Waals surface area contributed by atoms with Gasteiger partial charge in [-0.3, -0.25) is 9.48 Å². The Bertz CT molecular complexity index is 748. The van der Waals surface area contributed by atoms with Gasteiger partial charge in [0.25, 0.3) is 5.91 Å². The Morgan fingerprint density at radius 2 is 2.16 bits per heavy atom. The number of carbonyl (C=O) groups is 1. The molecule has 1 fully saturated rings. The van der Waals surface area contributed by atoms with E-state index in [-0.39, 0.29) is 17.9 Å². The number of aryl methyl sites for hydroxylation is 1. The lowest BCUT2D eigenvalue weighted by molar-refractivity contribution is 0.0358. The van der Waals surface area contributed by atoms with E-state index in [1.54, 1.807) is 12.4 Å². The number of nitrogens with zero attached hydrogens (tertiary/aromatic N) is 5. The summed E-state index contributed by atoms with van der Waals surface area (Å²) in [5.41, 5.74) is 1.55. The van der Waals surface area contributed by atoms with Gasteiger partial charge in [0.2, 0.25) is 0 Å². The monoisotopic (exact) mass is 345 g/mol. The first-order valence-electron chi connectivity index (χ1n) is 8.88. The average Bonchev–Trinajstić information content (AvgIpc) is 3.19. The number of hydrogen-bond acceptors (Lipinski definition) is 4. The summed E-state index contributed by atoms with van der Waals surface area (Å²) in [5.74, 6) is 0.656. The van der Waals surface area contributed by atoms with E-state index in [1.807, 2.05) is 48.2 Å². The van der Waals surface area contributed by atoms with Crippen LogP contribution in [0.4, 0.5) is 0 Å². The zero-order valence-electron chi connectivity index (χ0n) is 15.4. The zero-order valence-corrected chi connectivity index (χ0v) is 15.4. The van der Waals surface area contributed by atoms with Gasteiger partial charge in [-0.05, 0) is 33.6 Å². The fourth-order valence-corrected chi connectivity index (χ4v) is 3.65. The highest BCUT2D eigenvalue weighted by molar-refractivity contribution is 5.95. The molecule has 1 aliphatic heterocycles. The molecule has 1 N–H and O–H groups in total. The lowest BCUT2D eigenvalue weighted by Gasteiger charge is -2.34. The maximum atomic E-state index is 12.9. The molecular formula is C18H27N5O2. The fraction of sp³-hybridized carbons (Fsp3) is 0.611. The third kappa shape index (κ3) is 3.33. The van der Waals surface area contributed by atoms with Crippen LogP contribution in [-0.4, -0.2) is 48.3 Å². The highest BCUT2D eigenvalue weighted by Gasteiger charge is 2.32. The molecule has 0 aliphatic carbocycles. The number of piperidine rings is 1. The zero-order chi connectivity index (χ0) is 18.1. The second-order valence-electron chi connectivity index (χ2n) is 7.18. The Morgan fingerprint density at radius 3 is 2.76 bits per heavy atom. The van der Waals surface area contributed by atoms with Gasteiger partial charge in [0.15, 0.2) is 0 Å². The van der Waals surface area contributed by atoms with Crippen LogP contribution in [0.15, 0.2) is 18.6 Å². The third-order valence-corrected chi connectivity index (χ3v) is 5.08. The smallest absolute Gasteiger partial charge is 0.257 e. The number of imidazole rings is 1. The quantitative estimate of drug-likeness (QED) is 0.920. The topological polar surface area (TPSA) is 76.2 Å². The molecule has 0 spiro atoms. The molecule has 3 rings (SSSR count). The standard InChI is InChI=1S/C18H27N5O2/c1-12(2)23-13(3)15(10-20-23)18(25)22-8-5-6-14(11-22)16(24)17-19-7-9-21(17)4/h7,9-10,12,14,16,24H,5-6,8,11H2,1-4H3. The highest BCUT2D eigenvalue weighted by atomic mass is 16.3. The number of rotatable bonds is 4. The van der Waals surface area contributed by atoms with Crippen LogP contribution in [0, 0.1) is 12.8 Å². The van der Waals surface area contributed by atoms with Crippen LogP contribution in [0.5, 0.6) is 0 Å². The van der Waals surface area contributed by atoms with E-state index in [9.17, 15) is 9.90 Å². The molecule has 2 unspecified atom stereocenters. The molecule has 2 aromatic rings. The minimum atomic E-state index is -0.657. The normalized spacial score (nSPS) is 19.4. The van der Waals surface area contributed by atoms with E-state index in [4.69, 9.17) is 0 Å². The maximum absolute atomic E-state index is 12.9. The summed E-state index contributed by atoms with van der Waals surface area (Å²) in [6, 6.07) is 0.223. The summed E-state index contributed by atoms with van der Waals surface area (Å²) in [6.45, 7) is 7.29. The average molecular weight is 345 g/mol. The lowest BCUT2D eigenvalue weighted by Crippen LogP contribution is -2.42. The van der Waals surface area contributed by atoms with Gasteiger partial charge in [-0.1, -0.05) is 0 Å². The Hall–Kier alpha value is -2.15. The summed E-state index contributed by atoms with van der Waals surface area (Å²) in [5, 5.41) is 15.0. The van der Waals surface area contributed by atoms with E-state index >= 15 is 0 Å². The van der Waals surface area contributed by atoms with Crippen LogP contribution in [-0.2, 0) is 7.05 Å². The largest absolute Gasteiger partial charge is 0.385 e. The molecule has 1 amide bonds. The van der Waals surface area contributed by atoms with Gasteiger partial charge < -0.3 is 14.6 Å². The van der Waals surface area contributed by atoms with Crippen LogP contribution >= 0.6 is 0 Å². The van der Waals surface area contributed by atoms with Gasteiger partial charge in [0.1, 0.15) is 11.9 Å². The number of aliphatic hydroxyl groups is 1. The second-order valence-corrected chi connectivity index (χ2v) is 7.18. The van der Waals surface area contributed by atoms with Crippen molar-refractivity contribution in [2.45, 2.75) is 45.8 Å². The van der Waals surface area contributed by atoms with Gasteiger partial charge in [-0.2, -0.15) is 5.10 Å². The van der Waals surface area contributed by atoms with E-state index in [1.165, 1.54) is 0 Å². The van der Waals surface area contributed by atoms with Crippen molar-refractivity contribution in [3.8, 4) is 0 Å². The Labute approximate surface area is 148 Å². The van der Waals surface area contributed by atoms with Crippen molar-refractivity contribution in [2.24, 2.45) is 13.0 Å². The van der Waals surface area contributed by atoms with Crippen LogP contribution in [0.2, 0.25) is 0 Å². The first-order valence-corrected chi connectivity index (χ1v) is 8.88. The van der Waals surface area contributed by atoms with Crippen molar-refractivity contribution < 1.29 is 9.90 Å². The Balaban J connectivity index is 1.75. The predicted octanol–water partition coefficient (Wildman–Crippen LogP) is 2.09. The third-order valence-electron chi connectivity index (χ3n) is 5.08. The molecule has 0 bridgehead atoms. The summed E-state index contributed by atoms with van der Waals surface area (Å²) < 4.78 is 3.71. The molecule has 0 radical (unpaired) electrons. The first-order chi connectivity index (χ1) is 11.9. The maximum Gasteiger partial charge on any atom is 0.257 e. The molecule has 7 heteroatoms. The molecule has 2 atom stereocenters. The fourth-order valence-electron chi connectivity index (χ4n) is 3.65. The van der Waals surface area contributed by atoms with E-state index in [0.29, 0.717) is 17.9 Å². The van der Waals surface area contributed by atoms with Gasteiger partial charge in [-0.15, -0.1) is 0 Å². The van der Waals surface area contributed by atoms with Gasteiger partial charge >= 0.3 is 0 Å². The molecule has 0 saturated carbocycles. The summed E-state index contributed by atoms with van der Waals surface area (Å²) in [4.78, 5) is 19.0. The van der Waals surface area contributed by atoms with Crippen molar-refractivity contribution in [2.75, 3.05) is 13.1 Å². The highest BCUT2D eigenvalue weighted by Crippen LogP contribution is 2.29. The minimum Gasteiger partial charge on any atom is -0.385 e. The van der Waals surface area contributed by atoms with E-state index in [0.717, 1.165) is 25.1 Å². The van der Waals surface area contributed by atoms with Gasteiger partial charge in [-0.25, -0.2) is 4.98 Å². The van der Waals surface area contributed by atoms with Crippen molar-refractivity contribution in [1.82, 2.24) is 24.2 Å². The molecule has 136 valence electrons. The van der Waals surface area contributed by atoms with Crippen LogP contribution in [0.3, 0.4) is 0 Å². The van der Waals surface area contributed by atoms with Crippen molar-refractivity contribution in [1.29, 1.82) is 0 Å². The molecule has 1 aliphatic rings. The molecule has 1 saturated heterocycles. The number of aliphatic hydroxyl groups excluding tert-OH is 1. The number of likely N-dealkylation sites (tertiary alicyclic amines) is 1.